The number of hydrogen-bond acceptors (Lipinski definition) is 5. The lowest BCUT2D eigenvalue weighted by Crippen LogP contribution is -2.49. The Balaban J connectivity index is 4.62. The Hall–Kier alpha value is -1.99. The number of guanidine groups is 1. The number of esters is 1. The van der Waals surface area contributed by atoms with Gasteiger partial charge in [0.25, 0.3) is 0 Å². The second-order valence-electron chi connectivity index (χ2n) is 7.66. The van der Waals surface area contributed by atoms with E-state index < -0.39 is 11.7 Å². The van der Waals surface area contributed by atoms with Crippen LogP contribution in [0.25, 0.3) is 0 Å². The zero-order valence-electron chi connectivity index (χ0n) is 18.5. The maximum absolute atomic E-state index is 11.9. The summed E-state index contributed by atoms with van der Waals surface area (Å²) in [5.74, 6) is 0.523. The smallest absolute Gasteiger partial charge is 0.407 e. The molecule has 0 aromatic carbocycles. The molecular weight excluding hydrogens is 360 g/mol. The number of methoxy groups -OCH3 is 1. The van der Waals surface area contributed by atoms with E-state index in [2.05, 4.69) is 32.6 Å². The molecule has 0 aliphatic heterocycles. The van der Waals surface area contributed by atoms with Crippen LogP contribution in [0.2, 0.25) is 0 Å². The van der Waals surface area contributed by atoms with Gasteiger partial charge in [0.1, 0.15) is 5.60 Å². The summed E-state index contributed by atoms with van der Waals surface area (Å²) in [5.41, 5.74) is -0.517. The van der Waals surface area contributed by atoms with Gasteiger partial charge in [0.15, 0.2) is 5.96 Å². The molecule has 0 aliphatic carbocycles. The first-order valence-electron chi connectivity index (χ1n) is 10.3. The number of amides is 1. The minimum Gasteiger partial charge on any atom is -0.469 e. The van der Waals surface area contributed by atoms with Crippen LogP contribution in [0.1, 0.15) is 73.1 Å². The number of nitrogens with one attached hydrogen (secondary N) is 3. The Labute approximate surface area is 170 Å². The van der Waals surface area contributed by atoms with Crippen molar-refractivity contribution in [2.24, 2.45) is 4.99 Å². The molecule has 0 rings (SSSR count). The third kappa shape index (κ3) is 15.1. The van der Waals surface area contributed by atoms with Gasteiger partial charge in [0.2, 0.25) is 0 Å². The fourth-order valence-electron chi connectivity index (χ4n) is 2.38. The van der Waals surface area contributed by atoms with Gasteiger partial charge in [-0.2, -0.15) is 0 Å². The van der Waals surface area contributed by atoms with E-state index in [-0.39, 0.29) is 12.0 Å². The van der Waals surface area contributed by atoms with Gasteiger partial charge in [-0.3, -0.25) is 9.79 Å². The summed E-state index contributed by atoms with van der Waals surface area (Å²) < 4.78 is 9.94. The van der Waals surface area contributed by atoms with E-state index in [9.17, 15) is 9.59 Å². The van der Waals surface area contributed by atoms with E-state index in [1.807, 2.05) is 27.7 Å². The molecule has 0 bridgehead atoms. The van der Waals surface area contributed by atoms with Gasteiger partial charge in [-0.15, -0.1) is 0 Å². The molecule has 0 aromatic rings. The molecule has 0 fully saturated rings. The molecule has 8 nitrogen and oxygen atoms in total. The third-order valence-corrected chi connectivity index (χ3v) is 3.77. The van der Waals surface area contributed by atoms with Crippen LogP contribution < -0.4 is 16.0 Å². The van der Waals surface area contributed by atoms with Crippen LogP contribution in [0, 0.1) is 0 Å². The summed E-state index contributed by atoms with van der Waals surface area (Å²) in [4.78, 5) is 27.6. The number of ether oxygens (including phenoxy) is 2. The largest absolute Gasteiger partial charge is 0.469 e. The molecule has 0 saturated heterocycles. The Morgan fingerprint density at radius 1 is 1.07 bits per heavy atom. The van der Waals surface area contributed by atoms with Crippen LogP contribution in [0.15, 0.2) is 4.99 Å². The summed E-state index contributed by atoms with van der Waals surface area (Å²) in [6.45, 7) is 11.5. The third-order valence-electron chi connectivity index (χ3n) is 3.77. The van der Waals surface area contributed by atoms with Crippen molar-refractivity contribution >= 4 is 18.0 Å². The average molecular weight is 401 g/mol. The van der Waals surface area contributed by atoms with Crippen molar-refractivity contribution in [3.8, 4) is 0 Å². The Kier molecular flexibility index (Phi) is 13.9. The molecule has 1 unspecified atom stereocenters. The number of carbonyl (C=O) groups is 2. The molecule has 164 valence electrons. The van der Waals surface area contributed by atoms with Crippen LogP contribution in [-0.4, -0.2) is 56.4 Å². The molecule has 0 aromatic heterocycles. The molecule has 1 amide bonds. The molecule has 0 heterocycles. The molecule has 8 heteroatoms. The van der Waals surface area contributed by atoms with Gasteiger partial charge in [-0.1, -0.05) is 19.8 Å². The SMILES string of the molecule is CCCCC(CNC(=O)OC(C)(C)C)NC(=NCCCCC(=O)OC)NCC. The summed E-state index contributed by atoms with van der Waals surface area (Å²) >= 11 is 0. The van der Waals surface area contributed by atoms with Crippen LogP contribution in [0.3, 0.4) is 0 Å². The van der Waals surface area contributed by atoms with Crippen LogP contribution >= 0.6 is 0 Å². The zero-order chi connectivity index (χ0) is 21.4. The van der Waals surface area contributed by atoms with Crippen molar-refractivity contribution in [2.75, 3.05) is 26.7 Å². The highest BCUT2D eigenvalue weighted by atomic mass is 16.6. The Morgan fingerprint density at radius 2 is 1.79 bits per heavy atom. The van der Waals surface area contributed by atoms with Crippen molar-refractivity contribution in [2.45, 2.75) is 84.8 Å². The van der Waals surface area contributed by atoms with Crippen molar-refractivity contribution in [3.63, 3.8) is 0 Å². The van der Waals surface area contributed by atoms with Crippen LogP contribution in [0.4, 0.5) is 4.79 Å². The van der Waals surface area contributed by atoms with Crippen molar-refractivity contribution in [1.82, 2.24) is 16.0 Å². The molecular formula is C20H40N4O4. The van der Waals surface area contributed by atoms with Crippen molar-refractivity contribution in [3.05, 3.63) is 0 Å². The van der Waals surface area contributed by atoms with Crippen LogP contribution in [0.5, 0.6) is 0 Å². The average Bonchev–Trinajstić information content (AvgIpc) is 2.61. The highest BCUT2D eigenvalue weighted by molar-refractivity contribution is 5.80. The van der Waals surface area contributed by atoms with Gasteiger partial charge < -0.3 is 25.4 Å². The van der Waals surface area contributed by atoms with Gasteiger partial charge in [-0.25, -0.2) is 4.79 Å². The highest BCUT2D eigenvalue weighted by Gasteiger charge is 2.18. The summed E-state index contributed by atoms with van der Waals surface area (Å²) in [6.07, 6.45) is 4.59. The van der Waals surface area contributed by atoms with E-state index in [1.165, 1.54) is 7.11 Å². The van der Waals surface area contributed by atoms with Gasteiger partial charge >= 0.3 is 12.1 Å². The minimum absolute atomic E-state index is 0.0559. The lowest BCUT2D eigenvalue weighted by Gasteiger charge is -2.24. The number of nitrogens with zero attached hydrogens (tertiary/aromatic N) is 1. The fraction of sp³-hybridized carbons (Fsp3) is 0.850. The molecule has 1 atom stereocenters. The fourth-order valence-corrected chi connectivity index (χ4v) is 2.38. The predicted octanol–water partition coefficient (Wildman–Crippen LogP) is 2.97. The number of carbonyl (C=O) groups excluding carboxylic acids is 2. The topological polar surface area (TPSA) is 101 Å². The Morgan fingerprint density at radius 3 is 2.36 bits per heavy atom. The van der Waals surface area contributed by atoms with Gasteiger partial charge in [0, 0.05) is 32.1 Å². The number of aliphatic imine (C=N–C) groups is 1. The summed E-state index contributed by atoms with van der Waals surface area (Å²) in [7, 11) is 1.40. The second kappa shape index (κ2) is 15.0. The number of unbranched alkanes of at least 4 members (excludes halogenated alkanes) is 2. The number of alkyl carbamates (subject to hydrolysis) is 1. The van der Waals surface area contributed by atoms with Crippen molar-refractivity contribution in [1.29, 1.82) is 0 Å². The first kappa shape index (κ1) is 26.0. The molecule has 0 saturated carbocycles. The molecule has 28 heavy (non-hydrogen) atoms. The maximum atomic E-state index is 11.9. The monoisotopic (exact) mass is 400 g/mol. The van der Waals surface area contributed by atoms with E-state index in [1.54, 1.807) is 0 Å². The normalized spacial score (nSPS) is 12.9. The van der Waals surface area contributed by atoms with E-state index in [4.69, 9.17) is 4.74 Å². The molecule has 3 N–H and O–H groups in total. The minimum atomic E-state index is -0.517. The number of hydrogen-bond donors (Lipinski definition) is 3. The highest BCUT2D eigenvalue weighted by Crippen LogP contribution is 2.07. The van der Waals surface area contributed by atoms with Gasteiger partial charge in [-0.05, 0) is 47.0 Å². The lowest BCUT2D eigenvalue weighted by atomic mass is 10.1. The first-order chi connectivity index (χ1) is 13.2. The lowest BCUT2D eigenvalue weighted by molar-refractivity contribution is -0.140. The molecule has 0 spiro atoms. The second-order valence-corrected chi connectivity index (χ2v) is 7.66. The Bertz CT molecular complexity index is 475. The summed E-state index contributed by atoms with van der Waals surface area (Å²) in [6, 6.07) is 0.0559. The predicted molar refractivity (Wildman–Crippen MR) is 113 cm³/mol. The zero-order valence-corrected chi connectivity index (χ0v) is 18.5. The van der Waals surface area contributed by atoms with Gasteiger partial charge in [0.05, 0.1) is 7.11 Å². The standard InChI is InChI=1S/C20H40N4O4/c1-7-9-12-16(15-23-19(26)28-20(3,4)5)24-18(21-8-2)22-14-11-10-13-17(25)27-6/h16H,7-15H2,1-6H3,(H,23,26)(H2,21,22,24). The quantitative estimate of drug-likeness (QED) is 0.201. The first-order valence-corrected chi connectivity index (χ1v) is 10.3. The van der Waals surface area contributed by atoms with Crippen molar-refractivity contribution < 1.29 is 19.1 Å². The molecule has 0 radical (unpaired) electrons. The number of rotatable bonds is 12. The van der Waals surface area contributed by atoms with E-state index in [0.29, 0.717) is 25.5 Å². The summed E-state index contributed by atoms with van der Waals surface area (Å²) in [5, 5.41) is 9.46. The maximum Gasteiger partial charge on any atom is 0.407 e. The van der Waals surface area contributed by atoms with E-state index >= 15 is 0 Å². The van der Waals surface area contributed by atoms with Crippen LogP contribution in [-0.2, 0) is 14.3 Å². The van der Waals surface area contributed by atoms with E-state index in [0.717, 1.165) is 38.6 Å². The molecule has 0 aliphatic rings.